The monoisotopic (exact) mass is 958 g/mol. The zero-order chi connectivity index (χ0) is 38.7. The Morgan fingerprint density at radius 3 is 0.317 bits per heavy atom. The van der Waals surface area contributed by atoms with Crippen LogP contribution in [-0.2, 0) is 19.5 Å². The van der Waals surface area contributed by atoms with Crippen LogP contribution >= 0.6 is 23.8 Å². The smallest absolute Gasteiger partial charge is 1.00 e. The Morgan fingerprint density at radius 2 is 0.233 bits per heavy atom. The molecule has 0 fully saturated rings. The molecule has 297 valence electrons. The predicted molar refractivity (Wildman–Crippen MR) is 255 cm³/mol. The van der Waals surface area contributed by atoms with Crippen molar-refractivity contribution in [2.45, 2.75) is 0 Å². The largest absolute Gasteiger partial charge is 3.00 e. The number of hydrogen-bond donors (Lipinski definition) is 0. The first-order chi connectivity index (χ1) is 28.3. The van der Waals surface area contributed by atoms with E-state index in [-0.39, 0.29) is 44.3 Å². The maximum Gasteiger partial charge on any atom is 3.00 e. The number of rotatable bonds is 9. The summed E-state index contributed by atoms with van der Waals surface area (Å²) in [7, 11) is -1.34. The van der Waals surface area contributed by atoms with Gasteiger partial charge in [-0.2, -0.15) is 0 Å². The van der Waals surface area contributed by atoms with Crippen LogP contribution in [0.5, 0.6) is 0 Å². The van der Waals surface area contributed by atoms with Crippen LogP contribution in [0.25, 0.3) is 0 Å². The van der Waals surface area contributed by atoms with E-state index < -0.39 is 23.8 Å². The second-order valence-corrected chi connectivity index (χ2v) is 19.7. The maximum absolute atomic E-state index is 2.23. The third-order valence-electron chi connectivity index (χ3n) is 9.13. The average molecular weight is 959 g/mol. The van der Waals surface area contributed by atoms with Gasteiger partial charge in [0.1, 0.15) is 0 Å². The Balaban J connectivity index is 0.000000194. The topological polar surface area (TPSA) is 0 Å². The fourth-order valence-electron chi connectivity index (χ4n) is 6.54. The van der Waals surface area contributed by atoms with Crippen molar-refractivity contribution in [3.05, 3.63) is 273 Å². The maximum atomic E-state index is 2.23. The van der Waals surface area contributed by atoms with Crippen LogP contribution in [0, 0.1) is 0 Å². The molecule has 9 aromatic rings. The van der Waals surface area contributed by atoms with Crippen LogP contribution in [0.1, 0.15) is 0 Å². The minimum absolute atomic E-state index is 0. The molecule has 0 heterocycles. The quantitative estimate of drug-likeness (QED) is 0.150. The molecule has 0 aromatic heterocycles. The Labute approximate surface area is 386 Å². The molecule has 0 amide bonds. The van der Waals surface area contributed by atoms with E-state index in [1.54, 1.807) is 0 Å². The zero-order valence-corrected chi connectivity index (χ0v) is 38.9. The molecule has 0 spiro atoms. The standard InChI is InChI=1S/3C18H15P.2ClH.Ru/c3*1-4-10-16(11-5-1)19(17-12-6-2-7-13-17)18-14-8-3-9-15-18;;;/h3*1-15H;2*1H;/q;;;;;+3/p-2. The van der Waals surface area contributed by atoms with Gasteiger partial charge in [0.2, 0.25) is 0 Å². The van der Waals surface area contributed by atoms with Gasteiger partial charge in [-0.15, -0.1) is 0 Å². The summed E-state index contributed by atoms with van der Waals surface area (Å²) in [5.74, 6) is 0. The second kappa shape index (κ2) is 26.6. The van der Waals surface area contributed by atoms with Crippen molar-refractivity contribution >= 4 is 71.5 Å². The number of hydrogen-bond acceptors (Lipinski definition) is 0. The average Bonchev–Trinajstić information content (AvgIpc) is 3.30. The van der Waals surface area contributed by atoms with Crippen molar-refractivity contribution in [2.24, 2.45) is 0 Å². The zero-order valence-electron chi connectivity index (χ0n) is 32.9. The summed E-state index contributed by atoms with van der Waals surface area (Å²) < 4.78 is 0. The van der Waals surface area contributed by atoms with Crippen LogP contribution < -0.4 is 72.6 Å². The molecular formula is C54H45Cl2P3Ru+. The van der Waals surface area contributed by atoms with Gasteiger partial charge >= 0.3 is 19.5 Å². The van der Waals surface area contributed by atoms with Gasteiger partial charge in [0.05, 0.1) is 0 Å². The molecule has 0 N–H and O–H groups in total. The van der Waals surface area contributed by atoms with E-state index in [0.717, 1.165) is 0 Å². The van der Waals surface area contributed by atoms with E-state index in [2.05, 4.69) is 273 Å². The van der Waals surface area contributed by atoms with Gasteiger partial charge in [-0.25, -0.2) is 0 Å². The van der Waals surface area contributed by atoms with Gasteiger partial charge in [-0.05, 0) is 71.5 Å². The number of halogens is 2. The molecule has 0 unspecified atom stereocenters. The molecule has 0 saturated heterocycles. The van der Waals surface area contributed by atoms with E-state index in [9.17, 15) is 0 Å². The molecule has 0 aliphatic carbocycles. The molecular weight excluding hydrogens is 913 g/mol. The Hall–Kier alpha value is -4.53. The van der Waals surface area contributed by atoms with Crippen molar-refractivity contribution in [1.82, 2.24) is 0 Å². The number of benzene rings is 9. The Kier molecular flexibility index (Phi) is 21.4. The van der Waals surface area contributed by atoms with E-state index >= 15 is 0 Å². The van der Waals surface area contributed by atoms with Gasteiger partial charge in [0, 0.05) is 0 Å². The van der Waals surface area contributed by atoms with E-state index in [1.807, 2.05) is 0 Å². The molecule has 1 radical (unpaired) electrons. The first kappa shape index (κ1) is 48.1. The molecule has 60 heavy (non-hydrogen) atoms. The van der Waals surface area contributed by atoms with Crippen molar-refractivity contribution < 1.29 is 44.3 Å². The normalized spacial score (nSPS) is 10.1. The summed E-state index contributed by atoms with van der Waals surface area (Å²) in [6, 6.07) is 97.0. The molecule has 9 aromatic carbocycles. The summed E-state index contributed by atoms with van der Waals surface area (Å²) in [5, 5.41) is 12.6. The summed E-state index contributed by atoms with van der Waals surface area (Å²) in [6.45, 7) is 0. The van der Waals surface area contributed by atoms with Gasteiger partial charge in [0.25, 0.3) is 0 Å². The molecule has 0 aliphatic heterocycles. The Morgan fingerprint density at radius 1 is 0.150 bits per heavy atom. The molecule has 0 atom stereocenters. The molecule has 0 nitrogen and oxygen atoms in total. The van der Waals surface area contributed by atoms with E-state index in [0.29, 0.717) is 0 Å². The minimum atomic E-state index is -0.446. The summed E-state index contributed by atoms with van der Waals surface area (Å²) in [5.41, 5.74) is 0. The van der Waals surface area contributed by atoms with Crippen LogP contribution in [0.15, 0.2) is 273 Å². The molecule has 0 saturated carbocycles. The SMILES string of the molecule is [Cl-].[Cl-].[Ru+3].c1ccc(P(c2ccccc2)c2ccccc2)cc1.c1ccc(P(c2ccccc2)c2ccccc2)cc1.c1ccc(P(c2ccccc2)c2ccccc2)cc1. The van der Waals surface area contributed by atoms with Gasteiger partial charge in [-0.1, -0.05) is 273 Å². The van der Waals surface area contributed by atoms with Gasteiger partial charge < -0.3 is 24.8 Å². The van der Waals surface area contributed by atoms with Crippen molar-refractivity contribution in [1.29, 1.82) is 0 Å². The first-order valence-corrected chi connectivity index (χ1v) is 23.2. The van der Waals surface area contributed by atoms with Gasteiger partial charge in [0.15, 0.2) is 0 Å². The molecule has 0 bridgehead atoms. The second-order valence-electron chi connectivity index (χ2n) is 13.0. The van der Waals surface area contributed by atoms with Crippen molar-refractivity contribution in [3.63, 3.8) is 0 Å². The van der Waals surface area contributed by atoms with Crippen LogP contribution in [0.4, 0.5) is 0 Å². The Bertz CT molecular complexity index is 1870. The van der Waals surface area contributed by atoms with Crippen molar-refractivity contribution in [3.8, 4) is 0 Å². The summed E-state index contributed by atoms with van der Waals surface area (Å²) >= 11 is 0. The first-order valence-electron chi connectivity index (χ1n) is 19.2. The summed E-state index contributed by atoms with van der Waals surface area (Å²) in [4.78, 5) is 0. The van der Waals surface area contributed by atoms with Crippen LogP contribution in [0.2, 0.25) is 0 Å². The third-order valence-corrected chi connectivity index (χ3v) is 16.5. The summed E-state index contributed by atoms with van der Waals surface area (Å²) in [6.07, 6.45) is 0. The molecule has 9 rings (SSSR count). The molecule has 6 heteroatoms. The minimum Gasteiger partial charge on any atom is -1.00 e. The molecule has 0 aliphatic rings. The van der Waals surface area contributed by atoms with E-state index in [4.69, 9.17) is 0 Å². The van der Waals surface area contributed by atoms with Gasteiger partial charge in [-0.3, -0.25) is 0 Å². The van der Waals surface area contributed by atoms with Crippen LogP contribution in [0.3, 0.4) is 0 Å². The third kappa shape index (κ3) is 13.8. The van der Waals surface area contributed by atoms with Crippen molar-refractivity contribution in [2.75, 3.05) is 0 Å². The fourth-order valence-corrected chi connectivity index (χ4v) is 13.5. The van der Waals surface area contributed by atoms with Crippen LogP contribution in [-0.4, -0.2) is 0 Å². The fraction of sp³-hybridized carbons (Fsp3) is 0. The predicted octanol–water partition coefficient (Wildman–Crippen LogP) is 4.34. The van der Waals surface area contributed by atoms with E-state index in [1.165, 1.54) is 47.7 Å².